The Balaban J connectivity index is 2.08. The van der Waals surface area contributed by atoms with Crippen molar-refractivity contribution >= 4 is 17.8 Å². The van der Waals surface area contributed by atoms with Crippen LogP contribution in [0.3, 0.4) is 0 Å². The van der Waals surface area contributed by atoms with E-state index < -0.39 is 0 Å². The summed E-state index contributed by atoms with van der Waals surface area (Å²) in [5.41, 5.74) is 1.05. The van der Waals surface area contributed by atoms with Gasteiger partial charge in [0.15, 0.2) is 0 Å². The van der Waals surface area contributed by atoms with Crippen LogP contribution < -0.4 is 16.0 Å². The Kier molecular flexibility index (Phi) is 4.16. The number of nitrogens with one attached hydrogen (secondary N) is 3. The molecule has 0 spiro atoms. The molecule has 20 heavy (non-hydrogen) atoms. The number of carbonyl (C=O) groups is 2. The zero-order valence-corrected chi connectivity index (χ0v) is 11.9. The molecule has 2 heterocycles. The normalized spacial score (nSPS) is 22.1. The molecule has 1 aromatic rings. The van der Waals surface area contributed by atoms with Gasteiger partial charge in [0.1, 0.15) is 5.69 Å². The van der Waals surface area contributed by atoms with E-state index in [9.17, 15) is 9.59 Å². The molecular weight excluding hydrogens is 258 g/mol. The third-order valence-corrected chi connectivity index (χ3v) is 3.30. The molecular formula is C13H19N5O2. The fraction of sp³-hybridized carbons (Fsp3) is 0.538. The fourth-order valence-corrected chi connectivity index (χ4v) is 2.20. The van der Waals surface area contributed by atoms with Gasteiger partial charge in [-0.3, -0.25) is 9.59 Å². The van der Waals surface area contributed by atoms with Crippen LogP contribution in [0.15, 0.2) is 6.07 Å². The van der Waals surface area contributed by atoms with Crippen LogP contribution in [-0.4, -0.2) is 40.9 Å². The molecule has 3 N–H and O–H groups in total. The smallest absolute Gasteiger partial charge is 0.270 e. The van der Waals surface area contributed by atoms with Crippen molar-refractivity contribution in [3.8, 4) is 0 Å². The first-order valence-electron chi connectivity index (χ1n) is 6.63. The van der Waals surface area contributed by atoms with Crippen molar-refractivity contribution in [2.45, 2.75) is 38.8 Å². The number of nitrogens with zero attached hydrogens (tertiary/aromatic N) is 2. The second kappa shape index (κ2) is 5.85. The molecule has 0 radical (unpaired) electrons. The number of hydrogen-bond donors (Lipinski definition) is 3. The van der Waals surface area contributed by atoms with Crippen molar-refractivity contribution < 1.29 is 9.59 Å². The summed E-state index contributed by atoms with van der Waals surface area (Å²) in [5.74, 6) is 0.193. The Bertz CT molecular complexity index is 531. The van der Waals surface area contributed by atoms with Crippen LogP contribution in [-0.2, 0) is 4.79 Å². The summed E-state index contributed by atoms with van der Waals surface area (Å²) in [4.78, 5) is 31.8. The van der Waals surface area contributed by atoms with E-state index in [1.54, 1.807) is 13.1 Å². The average molecular weight is 277 g/mol. The van der Waals surface area contributed by atoms with Crippen molar-refractivity contribution in [2.24, 2.45) is 0 Å². The highest BCUT2D eigenvalue weighted by Crippen LogP contribution is 2.11. The van der Waals surface area contributed by atoms with Crippen molar-refractivity contribution in [3.63, 3.8) is 0 Å². The highest BCUT2D eigenvalue weighted by Gasteiger charge is 2.27. The van der Waals surface area contributed by atoms with Gasteiger partial charge in [-0.1, -0.05) is 0 Å². The number of aryl methyl sites for hydroxylation is 1. The minimum Gasteiger partial charge on any atom is -0.357 e. The second-order valence-electron chi connectivity index (χ2n) is 4.94. The molecule has 7 nitrogen and oxygen atoms in total. The fourth-order valence-electron chi connectivity index (χ4n) is 2.20. The summed E-state index contributed by atoms with van der Waals surface area (Å²) >= 11 is 0. The number of amides is 2. The average Bonchev–Trinajstić information content (AvgIpc) is 2.41. The molecule has 7 heteroatoms. The third-order valence-electron chi connectivity index (χ3n) is 3.30. The molecule has 0 saturated carbocycles. The molecule has 2 rings (SSSR count). The quantitative estimate of drug-likeness (QED) is 0.734. The molecule has 108 valence electrons. The van der Waals surface area contributed by atoms with Gasteiger partial charge in [0.25, 0.3) is 5.91 Å². The van der Waals surface area contributed by atoms with Crippen LogP contribution in [0.2, 0.25) is 0 Å². The van der Waals surface area contributed by atoms with E-state index in [-0.39, 0.29) is 23.9 Å². The van der Waals surface area contributed by atoms with Gasteiger partial charge in [-0.25, -0.2) is 9.97 Å². The summed E-state index contributed by atoms with van der Waals surface area (Å²) in [6.45, 7) is 3.69. The molecule has 1 aliphatic heterocycles. The second-order valence-corrected chi connectivity index (χ2v) is 4.94. The van der Waals surface area contributed by atoms with Crippen molar-refractivity contribution in [1.82, 2.24) is 20.6 Å². The number of hydrogen-bond acceptors (Lipinski definition) is 5. The molecule has 2 unspecified atom stereocenters. The van der Waals surface area contributed by atoms with Crippen molar-refractivity contribution in [2.75, 3.05) is 12.4 Å². The number of piperidine rings is 1. The first-order valence-corrected chi connectivity index (χ1v) is 6.63. The highest BCUT2D eigenvalue weighted by molar-refractivity contribution is 5.93. The Morgan fingerprint density at radius 1 is 1.45 bits per heavy atom. The van der Waals surface area contributed by atoms with Gasteiger partial charge in [0, 0.05) is 31.2 Å². The monoisotopic (exact) mass is 277 g/mol. The van der Waals surface area contributed by atoms with Crippen LogP contribution in [0, 0.1) is 6.92 Å². The lowest BCUT2D eigenvalue weighted by molar-refractivity contribution is -0.123. The summed E-state index contributed by atoms with van der Waals surface area (Å²) in [5, 5.41) is 8.56. The molecule has 2 amide bonds. The molecule has 0 bridgehead atoms. The maximum Gasteiger partial charge on any atom is 0.270 e. The van der Waals surface area contributed by atoms with Crippen LogP contribution >= 0.6 is 0 Å². The Morgan fingerprint density at radius 3 is 2.85 bits per heavy atom. The number of aromatic nitrogens is 2. The Labute approximate surface area is 117 Å². The summed E-state index contributed by atoms with van der Waals surface area (Å²) in [6.07, 6.45) is 1.07. The molecule has 0 aromatic carbocycles. The van der Waals surface area contributed by atoms with E-state index in [1.807, 2.05) is 13.8 Å². The van der Waals surface area contributed by atoms with Crippen molar-refractivity contribution in [1.29, 1.82) is 0 Å². The number of rotatable bonds is 3. The molecule has 0 aliphatic carbocycles. The molecule has 1 saturated heterocycles. The number of anilines is 1. The van der Waals surface area contributed by atoms with Gasteiger partial charge in [-0.05, 0) is 26.3 Å². The minimum absolute atomic E-state index is 0.0262. The molecule has 1 fully saturated rings. The highest BCUT2D eigenvalue weighted by atomic mass is 16.2. The predicted octanol–water partition coefficient (Wildman–Crippen LogP) is 0.224. The first-order chi connectivity index (χ1) is 9.49. The van der Waals surface area contributed by atoms with Gasteiger partial charge in [0.2, 0.25) is 11.9 Å². The van der Waals surface area contributed by atoms with Gasteiger partial charge in [-0.2, -0.15) is 0 Å². The summed E-state index contributed by atoms with van der Waals surface area (Å²) in [7, 11) is 1.70. The Morgan fingerprint density at radius 2 is 2.20 bits per heavy atom. The van der Waals surface area contributed by atoms with E-state index >= 15 is 0 Å². The Hall–Kier alpha value is -2.18. The SMILES string of the molecule is CNc1nc(C)cc(C(=O)NC2CCC(=O)NC2C)n1. The lowest BCUT2D eigenvalue weighted by Crippen LogP contribution is -2.54. The third kappa shape index (κ3) is 3.23. The van der Waals surface area contributed by atoms with Crippen LogP contribution in [0.25, 0.3) is 0 Å². The predicted molar refractivity (Wildman–Crippen MR) is 74.4 cm³/mol. The lowest BCUT2D eigenvalue weighted by atomic mass is 9.99. The van der Waals surface area contributed by atoms with Crippen LogP contribution in [0.4, 0.5) is 5.95 Å². The summed E-state index contributed by atoms with van der Waals surface area (Å²) < 4.78 is 0. The van der Waals surface area contributed by atoms with Gasteiger partial charge < -0.3 is 16.0 Å². The zero-order valence-electron chi connectivity index (χ0n) is 11.9. The summed E-state index contributed by atoms with van der Waals surface area (Å²) in [6, 6.07) is 1.49. The van der Waals surface area contributed by atoms with E-state index in [0.29, 0.717) is 24.5 Å². The minimum atomic E-state index is -0.250. The molecule has 1 aromatic heterocycles. The lowest BCUT2D eigenvalue weighted by Gasteiger charge is -2.30. The largest absolute Gasteiger partial charge is 0.357 e. The van der Waals surface area contributed by atoms with Gasteiger partial charge in [-0.15, -0.1) is 0 Å². The van der Waals surface area contributed by atoms with Crippen molar-refractivity contribution in [3.05, 3.63) is 17.5 Å². The van der Waals surface area contributed by atoms with E-state index in [0.717, 1.165) is 5.69 Å². The van der Waals surface area contributed by atoms with Crippen LogP contribution in [0.1, 0.15) is 35.9 Å². The maximum atomic E-state index is 12.2. The van der Waals surface area contributed by atoms with E-state index in [4.69, 9.17) is 0 Å². The van der Waals surface area contributed by atoms with Gasteiger partial charge in [0.05, 0.1) is 0 Å². The molecule has 1 aliphatic rings. The molecule has 2 atom stereocenters. The zero-order chi connectivity index (χ0) is 14.7. The topological polar surface area (TPSA) is 96.0 Å². The van der Waals surface area contributed by atoms with E-state index in [2.05, 4.69) is 25.9 Å². The van der Waals surface area contributed by atoms with E-state index in [1.165, 1.54) is 0 Å². The van der Waals surface area contributed by atoms with Gasteiger partial charge >= 0.3 is 0 Å². The standard InChI is InChI=1S/C13H19N5O2/c1-7-6-10(18-13(14-3)15-7)12(20)17-9-4-5-11(19)16-8(9)2/h6,8-9H,4-5H2,1-3H3,(H,16,19)(H,17,20)(H,14,15,18). The number of carbonyl (C=O) groups excluding carboxylic acids is 2. The van der Waals surface area contributed by atoms with Crippen LogP contribution in [0.5, 0.6) is 0 Å². The maximum absolute atomic E-state index is 12.2. The first kappa shape index (κ1) is 14.2.